The number of rotatable bonds is 0. The van der Waals surface area contributed by atoms with E-state index in [1.54, 1.807) is 12.4 Å². The fraction of sp³-hybridized carbons (Fsp3) is 0.143. The first-order valence-electron chi connectivity index (χ1n) is 3.42. The minimum absolute atomic E-state index is 0. The van der Waals surface area contributed by atoms with Gasteiger partial charge in [-0.1, -0.05) is 5.21 Å². The summed E-state index contributed by atoms with van der Waals surface area (Å²) in [4.78, 5) is 3.85. The first-order chi connectivity index (χ1) is 5.89. The smallest absolute Gasteiger partial charge is 0.161 e. The Hall–Kier alpha value is -1.26. The third-order valence-electron chi connectivity index (χ3n) is 1.12. The molecule has 0 bridgehead atoms. The van der Waals surface area contributed by atoms with E-state index >= 15 is 0 Å². The molecule has 2 aromatic rings. The van der Waals surface area contributed by atoms with Crippen LogP contribution < -0.4 is 0 Å². The second-order valence-electron chi connectivity index (χ2n) is 2.08. The molecule has 0 amide bonds. The molecule has 73 valence electrons. The summed E-state index contributed by atoms with van der Waals surface area (Å²) in [7, 11) is 0. The molecule has 1 N–H and O–H groups in total. The molecule has 0 saturated heterocycles. The Morgan fingerprint density at radius 3 is 2.15 bits per heavy atom. The van der Waals surface area contributed by atoms with Crippen LogP contribution >= 0.6 is 0 Å². The minimum Gasteiger partial charge on any atom is -0.265 e. The van der Waals surface area contributed by atoms with E-state index in [1.807, 2.05) is 19.1 Å². The van der Waals surface area contributed by atoms with Crippen molar-refractivity contribution < 1.29 is 17.1 Å². The van der Waals surface area contributed by atoms with Gasteiger partial charge in [-0.05, 0) is 24.6 Å². The average molecular weight is 227 g/mol. The largest absolute Gasteiger partial charge is 0.265 e. The number of hydrogen-bond donors (Lipinski definition) is 1. The van der Waals surface area contributed by atoms with Crippen LogP contribution in [0.5, 0.6) is 0 Å². The third kappa shape index (κ3) is 5.95. The van der Waals surface area contributed by atoms with Gasteiger partial charge in [0, 0.05) is 29.5 Å². The van der Waals surface area contributed by atoms with Crippen molar-refractivity contribution in [3.8, 4) is 0 Å². The maximum Gasteiger partial charge on any atom is 0.161 e. The Morgan fingerprint density at radius 1 is 1.23 bits per heavy atom. The van der Waals surface area contributed by atoms with Crippen molar-refractivity contribution >= 4 is 0 Å². The van der Waals surface area contributed by atoms with Gasteiger partial charge in [0.25, 0.3) is 0 Å². The molecule has 0 unspecified atom stereocenters. The van der Waals surface area contributed by atoms with E-state index in [0.29, 0.717) is 0 Å². The first kappa shape index (κ1) is 11.7. The van der Waals surface area contributed by atoms with E-state index in [-0.39, 0.29) is 17.1 Å². The molecule has 1 radical (unpaired) electrons. The maximum absolute atomic E-state index is 3.85. The van der Waals surface area contributed by atoms with Crippen LogP contribution in [0, 0.1) is 6.92 Å². The standard InChI is InChI=1S/C6H7N.CH2N4.Cu/c1-6-2-4-7-5-3-6;1-2-4-5-3-1;/h2-5H,1H3;1H,(H,2,3,4,5);. The summed E-state index contributed by atoms with van der Waals surface area (Å²) in [5, 5.41) is 12.2. The fourth-order valence-electron chi connectivity index (χ4n) is 0.556. The summed E-state index contributed by atoms with van der Waals surface area (Å²) in [6, 6.07) is 3.94. The van der Waals surface area contributed by atoms with Crippen LogP contribution in [0.15, 0.2) is 30.9 Å². The number of tetrazole rings is 1. The fourth-order valence-corrected chi connectivity index (χ4v) is 0.556. The Kier molecular flexibility index (Phi) is 6.68. The summed E-state index contributed by atoms with van der Waals surface area (Å²) in [6.07, 6.45) is 4.91. The molecule has 0 fully saturated rings. The van der Waals surface area contributed by atoms with Gasteiger partial charge >= 0.3 is 0 Å². The Labute approximate surface area is 86.4 Å². The topological polar surface area (TPSA) is 67.3 Å². The Bertz CT molecular complexity index is 266. The number of aromatic amines is 1. The van der Waals surface area contributed by atoms with Gasteiger partial charge in [0.2, 0.25) is 0 Å². The molecule has 0 spiro atoms. The number of aryl methyl sites for hydroxylation is 1. The van der Waals surface area contributed by atoms with Crippen molar-refractivity contribution in [3.05, 3.63) is 36.4 Å². The maximum atomic E-state index is 3.85. The zero-order valence-corrected chi connectivity index (χ0v) is 7.92. The molecular formula is C7H9CuN5. The van der Waals surface area contributed by atoms with Crippen molar-refractivity contribution in [3.63, 3.8) is 0 Å². The zero-order chi connectivity index (χ0) is 8.65. The summed E-state index contributed by atoms with van der Waals surface area (Å²) in [6.45, 7) is 2.04. The number of pyridine rings is 1. The van der Waals surface area contributed by atoms with Crippen molar-refractivity contribution in [2.24, 2.45) is 0 Å². The molecule has 13 heavy (non-hydrogen) atoms. The molecular weight excluding hydrogens is 218 g/mol. The number of nitrogens with one attached hydrogen (secondary N) is 1. The predicted molar refractivity (Wildman–Crippen MR) is 43.2 cm³/mol. The van der Waals surface area contributed by atoms with Crippen LogP contribution in [0.4, 0.5) is 0 Å². The Morgan fingerprint density at radius 2 is 1.92 bits per heavy atom. The first-order valence-corrected chi connectivity index (χ1v) is 3.42. The van der Waals surface area contributed by atoms with Gasteiger partial charge in [0.05, 0.1) is 0 Å². The molecule has 0 aliphatic heterocycles. The van der Waals surface area contributed by atoms with E-state index < -0.39 is 0 Å². The molecule has 5 nitrogen and oxygen atoms in total. The van der Waals surface area contributed by atoms with Crippen LogP contribution in [0.3, 0.4) is 0 Å². The van der Waals surface area contributed by atoms with E-state index in [0.717, 1.165) is 0 Å². The second-order valence-corrected chi connectivity index (χ2v) is 2.08. The predicted octanol–water partition coefficient (Wildman–Crippen LogP) is 0.587. The van der Waals surface area contributed by atoms with E-state index in [2.05, 4.69) is 25.6 Å². The number of nitrogens with zero attached hydrogens (tertiary/aromatic N) is 4. The van der Waals surface area contributed by atoms with Gasteiger partial charge in [-0.15, -0.1) is 10.2 Å². The summed E-state index contributed by atoms with van der Waals surface area (Å²) >= 11 is 0. The van der Waals surface area contributed by atoms with Crippen LogP contribution in [-0.4, -0.2) is 25.6 Å². The molecule has 0 aliphatic rings. The molecule has 0 saturated carbocycles. The van der Waals surface area contributed by atoms with Gasteiger partial charge in [-0.2, -0.15) is 5.21 Å². The van der Waals surface area contributed by atoms with Gasteiger partial charge in [0.15, 0.2) is 6.33 Å². The molecule has 0 aromatic carbocycles. The molecule has 0 atom stereocenters. The molecule has 6 heteroatoms. The van der Waals surface area contributed by atoms with Crippen molar-refractivity contribution in [2.45, 2.75) is 6.92 Å². The molecule has 2 rings (SSSR count). The summed E-state index contributed by atoms with van der Waals surface area (Å²) in [5.41, 5.74) is 1.26. The Balaban J connectivity index is 0.000000215. The summed E-state index contributed by atoms with van der Waals surface area (Å²) in [5.74, 6) is 0. The average Bonchev–Trinajstić information content (AvgIpc) is 2.62. The van der Waals surface area contributed by atoms with Crippen LogP contribution in [0.1, 0.15) is 5.56 Å². The zero-order valence-electron chi connectivity index (χ0n) is 6.98. The number of aromatic nitrogens is 5. The number of hydrogen-bond acceptors (Lipinski definition) is 4. The van der Waals surface area contributed by atoms with E-state index in [1.165, 1.54) is 11.9 Å². The van der Waals surface area contributed by atoms with Gasteiger partial charge in [-0.25, -0.2) is 0 Å². The van der Waals surface area contributed by atoms with Crippen LogP contribution in [-0.2, 0) is 17.1 Å². The normalized spacial score (nSPS) is 7.77. The van der Waals surface area contributed by atoms with E-state index in [9.17, 15) is 0 Å². The second kappa shape index (κ2) is 7.39. The third-order valence-corrected chi connectivity index (χ3v) is 1.12. The SMILES string of the molecule is Cc1ccncc1.[Cu].c1nn[nH]n1. The number of H-pyrrole nitrogens is 1. The van der Waals surface area contributed by atoms with Crippen molar-refractivity contribution in [2.75, 3.05) is 0 Å². The monoisotopic (exact) mass is 226 g/mol. The van der Waals surface area contributed by atoms with Crippen LogP contribution in [0.2, 0.25) is 0 Å². The quantitative estimate of drug-likeness (QED) is 0.668. The van der Waals surface area contributed by atoms with Crippen LogP contribution in [0.25, 0.3) is 0 Å². The van der Waals surface area contributed by atoms with E-state index in [4.69, 9.17) is 0 Å². The molecule has 0 aliphatic carbocycles. The van der Waals surface area contributed by atoms with Gasteiger partial charge in [0.1, 0.15) is 0 Å². The van der Waals surface area contributed by atoms with Gasteiger partial charge in [-0.3, -0.25) is 4.98 Å². The summed E-state index contributed by atoms with van der Waals surface area (Å²) < 4.78 is 0. The van der Waals surface area contributed by atoms with Gasteiger partial charge < -0.3 is 0 Å². The van der Waals surface area contributed by atoms with Crippen molar-refractivity contribution in [1.82, 2.24) is 25.6 Å². The van der Waals surface area contributed by atoms with Crippen molar-refractivity contribution in [1.29, 1.82) is 0 Å². The molecule has 2 heterocycles. The molecule has 2 aromatic heterocycles. The minimum atomic E-state index is 0.